The molecule has 0 spiro atoms. The Kier molecular flexibility index (Phi) is 3.71. The molecule has 0 amide bonds. The van der Waals surface area contributed by atoms with Crippen LogP contribution in [0.1, 0.15) is 16.3 Å². The molecule has 0 aliphatic rings. The lowest BCUT2D eigenvalue weighted by atomic mass is 10.2. The molecule has 0 unspecified atom stereocenters. The summed E-state index contributed by atoms with van der Waals surface area (Å²) in [6.07, 6.45) is 1.94. The molecular weight excluding hydrogens is 260 g/mol. The number of hydrogen-bond acceptors (Lipinski definition) is 4. The van der Waals surface area contributed by atoms with Gasteiger partial charge in [0, 0.05) is 23.1 Å². The van der Waals surface area contributed by atoms with Gasteiger partial charge in [0.2, 0.25) is 0 Å². The molecule has 0 aromatic carbocycles. The van der Waals surface area contributed by atoms with Gasteiger partial charge in [-0.05, 0) is 11.4 Å². The summed E-state index contributed by atoms with van der Waals surface area (Å²) < 4.78 is 0. The normalized spacial score (nSPS) is 10.4. The number of carbonyl (C=O) groups is 1. The molecule has 4 nitrogen and oxygen atoms in total. The maximum Gasteiger partial charge on any atom is 0.307 e. The van der Waals surface area contributed by atoms with Crippen molar-refractivity contribution in [2.75, 3.05) is 0 Å². The summed E-state index contributed by atoms with van der Waals surface area (Å²) in [7, 11) is 0. The molecule has 0 aliphatic heterocycles. The van der Waals surface area contributed by atoms with Crippen LogP contribution in [0.2, 0.25) is 5.15 Å². The molecule has 2 heterocycles. The van der Waals surface area contributed by atoms with E-state index in [9.17, 15) is 4.79 Å². The van der Waals surface area contributed by atoms with Crippen LogP contribution < -0.4 is 0 Å². The largest absolute Gasteiger partial charge is 0.481 e. The number of rotatable bonds is 4. The van der Waals surface area contributed by atoms with Crippen molar-refractivity contribution in [1.82, 2.24) is 9.97 Å². The second-order valence-electron chi connectivity index (χ2n) is 3.43. The summed E-state index contributed by atoms with van der Waals surface area (Å²) in [5.74, 6) is -0.340. The third kappa shape index (κ3) is 3.25. The van der Waals surface area contributed by atoms with Crippen LogP contribution in [0.5, 0.6) is 0 Å². The zero-order chi connectivity index (χ0) is 12.3. The van der Waals surface area contributed by atoms with Crippen LogP contribution in [0.4, 0.5) is 0 Å². The second-order valence-corrected chi connectivity index (χ2v) is 4.82. The fourth-order valence-corrected chi connectivity index (χ4v) is 2.27. The minimum Gasteiger partial charge on any atom is -0.481 e. The maximum atomic E-state index is 10.5. The molecule has 2 rings (SSSR count). The number of carboxylic acid groups (broad SMARTS) is 1. The highest BCUT2D eigenvalue weighted by Crippen LogP contribution is 2.16. The summed E-state index contributed by atoms with van der Waals surface area (Å²) in [6, 6.07) is 3.95. The van der Waals surface area contributed by atoms with Crippen molar-refractivity contribution in [3.8, 4) is 0 Å². The van der Waals surface area contributed by atoms with Gasteiger partial charge in [-0.1, -0.05) is 17.7 Å². The molecule has 0 saturated carbocycles. The molecular formula is C11H9ClN2O2S. The predicted octanol–water partition coefficient (Wildman–Crippen LogP) is 2.41. The van der Waals surface area contributed by atoms with Gasteiger partial charge in [-0.2, -0.15) is 0 Å². The predicted molar refractivity (Wildman–Crippen MR) is 65.5 cm³/mol. The Morgan fingerprint density at radius 1 is 1.53 bits per heavy atom. The minimum absolute atomic E-state index is 0.155. The molecule has 1 N–H and O–H groups in total. The highest BCUT2D eigenvalue weighted by molar-refractivity contribution is 7.09. The van der Waals surface area contributed by atoms with E-state index in [0.29, 0.717) is 17.8 Å². The summed E-state index contributed by atoms with van der Waals surface area (Å²) in [6.45, 7) is 0. The van der Waals surface area contributed by atoms with E-state index in [1.807, 2.05) is 17.5 Å². The van der Waals surface area contributed by atoms with Crippen molar-refractivity contribution in [2.45, 2.75) is 12.8 Å². The first-order valence-electron chi connectivity index (χ1n) is 4.89. The van der Waals surface area contributed by atoms with E-state index in [0.717, 1.165) is 4.88 Å². The van der Waals surface area contributed by atoms with Crippen LogP contribution in [0.3, 0.4) is 0 Å². The monoisotopic (exact) mass is 268 g/mol. The molecule has 6 heteroatoms. The van der Waals surface area contributed by atoms with E-state index < -0.39 is 5.97 Å². The van der Waals surface area contributed by atoms with Crippen LogP contribution in [0, 0.1) is 0 Å². The molecule has 2 aromatic rings. The molecule has 88 valence electrons. The standard InChI is InChI=1S/C11H9ClN2O2S/c12-11-7(4-10(15)16)6-13-9(14-11)5-8-2-1-3-17-8/h1-3,6H,4-5H2,(H,15,16). The number of nitrogens with zero attached hydrogens (tertiary/aromatic N) is 2. The number of halogens is 1. The number of aliphatic carboxylic acids is 1. The van der Waals surface area contributed by atoms with Gasteiger partial charge in [0.25, 0.3) is 0 Å². The molecule has 0 atom stereocenters. The molecule has 0 bridgehead atoms. The van der Waals surface area contributed by atoms with Crippen LogP contribution in [-0.2, 0) is 17.6 Å². The van der Waals surface area contributed by atoms with Gasteiger partial charge in [-0.25, -0.2) is 9.97 Å². The van der Waals surface area contributed by atoms with E-state index in [2.05, 4.69) is 9.97 Å². The highest BCUT2D eigenvalue weighted by atomic mass is 35.5. The number of aromatic nitrogens is 2. The van der Waals surface area contributed by atoms with Crippen LogP contribution >= 0.6 is 22.9 Å². The fraction of sp³-hybridized carbons (Fsp3) is 0.182. The van der Waals surface area contributed by atoms with Crippen molar-refractivity contribution < 1.29 is 9.90 Å². The number of thiophene rings is 1. The molecule has 17 heavy (non-hydrogen) atoms. The number of hydrogen-bond donors (Lipinski definition) is 1. The van der Waals surface area contributed by atoms with Gasteiger partial charge in [0.1, 0.15) is 11.0 Å². The lowest BCUT2D eigenvalue weighted by molar-refractivity contribution is -0.136. The van der Waals surface area contributed by atoms with Gasteiger partial charge in [0.05, 0.1) is 6.42 Å². The highest BCUT2D eigenvalue weighted by Gasteiger charge is 2.09. The van der Waals surface area contributed by atoms with Gasteiger partial charge in [0.15, 0.2) is 0 Å². The van der Waals surface area contributed by atoms with Gasteiger partial charge < -0.3 is 5.11 Å². The SMILES string of the molecule is O=C(O)Cc1cnc(Cc2cccs2)nc1Cl. The van der Waals surface area contributed by atoms with E-state index in [1.54, 1.807) is 11.3 Å². The second kappa shape index (κ2) is 5.25. The Labute approximate surface area is 107 Å². The quantitative estimate of drug-likeness (QED) is 0.865. The smallest absolute Gasteiger partial charge is 0.307 e. The summed E-state index contributed by atoms with van der Waals surface area (Å²) in [4.78, 5) is 19.9. The Hall–Kier alpha value is -1.46. The van der Waals surface area contributed by atoms with Gasteiger partial charge in [-0.3, -0.25) is 4.79 Å². The van der Waals surface area contributed by atoms with E-state index in [1.165, 1.54) is 6.20 Å². The van der Waals surface area contributed by atoms with Crippen molar-refractivity contribution in [2.24, 2.45) is 0 Å². The maximum absolute atomic E-state index is 10.5. The summed E-state index contributed by atoms with van der Waals surface area (Å²) in [5.41, 5.74) is 0.439. The molecule has 0 radical (unpaired) electrons. The van der Waals surface area contributed by atoms with E-state index in [-0.39, 0.29) is 11.6 Å². The average Bonchev–Trinajstić information content (AvgIpc) is 2.74. The van der Waals surface area contributed by atoms with Crippen molar-refractivity contribution >= 4 is 28.9 Å². The average molecular weight is 269 g/mol. The van der Waals surface area contributed by atoms with Crippen LogP contribution in [0.15, 0.2) is 23.7 Å². The van der Waals surface area contributed by atoms with Crippen molar-refractivity contribution in [3.05, 3.63) is 45.1 Å². The van der Waals surface area contributed by atoms with E-state index >= 15 is 0 Å². The number of carboxylic acids is 1. The minimum atomic E-state index is -0.943. The van der Waals surface area contributed by atoms with E-state index in [4.69, 9.17) is 16.7 Å². The van der Waals surface area contributed by atoms with Gasteiger partial charge in [-0.15, -0.1) is 11.3 Å². The first kappa shape index (κ1) is 12.0. The van der Waals surface area contributed by atoms with Crippen LogP contribution in [-0.4, -0.2) is 21.0 Å². The Morgan fingerprint density at radius 2 is 2.35 bits per heavy atom. The lowest BCUT2D eigenvalue weighted by Gasteiger charge is -2.02. The van der Waals surface area contributed by atoms with Crippen LogP contribution in [0.25, 0.3) is 0 Å². The third-order valence-corrected chi connectivity index (χ3v) is 3.32. The third-order valence-electron chi connectivity index (χ3n) is 2.12. The molecule has 0 aliphatic carbocycles. The summed E-state index contributed by atoms with van der Waals surface area (Å²) in [5, 5.41) is 10.9. The Balaban J connectivity index is 2.16. The first-order valence-corrected chi connectivity index (χ1v) is 6.15. The first-order chi connectivity index (χ1) is 8.15. The lowest BCUT2D eigenvalue weighted by Crippen LogP contribution is -2.04. The Bertz CT molecular complexity index is 528. The van der Waals surface area contributed by atoms with Gasteiger partial charge >= 0.3 is 5.97 Å². The fourth-order valence-electron chi connectivity index (χ4n) is 1.36. The van der Waals surface area contributed by atoms with Crippen molar-refractivity contribution in [3.63, 3.8) is 0 Å². The van der Waals surface area contributed by atoms with Crippen molar-refractivity contribution in [1.29, 1.82) is 0 Å². The summed E-state index contributed by atoms with van der Waals surface area (Å²) >= 11 is 7.52. The Morgan fingerprint density at radius 3 is 2.94 bits per heavy atom. The molecule has 0 saturated heterocycles. The molecule has 0 fully saturated rings. The topological polar surface area (TPSA) is 63.1 Å². The zero-order valence-electron chi connectivity index (χ0n) is 8.76. The zero-order valence-corrected chi connectivity index (χ0v) is 10.3. The molecule has 2 aromatic heterocycles.